The third-order valence-corrected chi connectivity index (χ3v) is 25.9. The molecule has 6 rings (SSSR count). The van der Waals surface area contributed by atoms with Crippen molar-refractivity contribution in [1.29, 1.82) is 0 Å². The van der Waals surface area contributed by atoms with Crippen LogP contribution in [0.15, 0.2) is 0 Å². The Kier molecular flexibility index (Phi) is 56.6. The van der Waals surface area contributed by atoms with Gasteiger partial charge in [0.15, 0.2) is 49.8 Å². The van der Waals surface area contributed by atoms with E-state index in [0.717, 1.165) is 141 Å². The smallest absolute Gasteiger partial charge is 0.306 e. The van der Waals surface area contributed by atoms with E-state index in [1.807, 2.05) is 0 Å². The molecule has 0 aromatic carbocycles. The number of unbranched alkanes of at least 4 members (excludes halogenated alkanes) is 40. The number of carbonyl (C=O) groups excluding carboxylic acids is 4. The van der Waals surface area contributed by atoms with Gasteiger partial charge in [-0.25, -0.2) is 0 Å². The molecule has 6 aliphatic rings. The van der Waals surface area contributed by atoms with Crippen molar-refractivity contribution in [2.75, 3.05) is 6.61 Å². The van der Waals surface area contributed by atoms with Gasteiger partial charge in [-0.2, -0.15) is 0 Å². The summed E-state index contributed by atoms with van der Waals surface area (Å²) in [5.74, 6) is -2.63. The van der Waals surface area contributed by atoms with Crippen LogP contribution in [0.4, 0.5) is 0 Å². The number of hydrogen-bond donors (Lipinski definition) is 8. The molecule has 0 aromatic heterocycles. The van der Waals surface area contributed by atoms with E-state index in [1.54, 1.807) is 20.8 Å². The van der Waals surface area contributed by atoms with Crippen LogP contribution in [-0.2, 0) is 85.5 Å². The van der Waals surface area contributed by atoms with E-state index in [4.69, 9.17) is 66.3 Å². The summed E-state index contributed by atoms with van der Waals surface area (Å²) in [5.41, 5.74) is 0. The highest BCUT2D eigenvalue weighted by Crippen LogP contribution is 2.40. The molecule has 6 saturated heterocycles. The minimum Gasteiger partial charge on any atom is -0.463 e. The zero-order valence-corrected chi connectivity index (χ0v) is 76.9. The van der Waals surface area contributed by atoms with E-state index in [1.165, 1.54) is 161 Å². The largest absolute Gasteiger partial charge is 0.463 e. The zero-order valence-electron chi connectivity index (χ0n) is 76.9. The van der Waals surface area contributed by atoms with E-state index < -0.39 is 184 Å². The van der Waals surface area contributed by atoms with E-state index in [2.05, 4.69) is 27.7 Å². The second-order valence-corrected chi connectivity index (χ2v) is 36.7. The second kappa shape index (κ2) is 64.0. The standard InChI is InChI=1S/C96H174O26/c1-9-13-17-20-23-26-29-32-33-36-37-40-45-50-56-62-73(97)109-66-72-78(102)79(103)82(106)93(115-72)122-90-87(119-92-83(107)81(105)85(68(6)111-92)116-74(98)63-57-51-46-41-38-34-30-27-24-21-18-14-10-2)70(8)113-96(91(90)118-76(100)65-59-52-47-42-39-35-31-28-25-22-19-15-11-3)120-86-69(7)112-94-84(108)88(86)117-75(99)64-58-53-48-43-44-49-55-61-71(60-54-16-12-4)114-95-89(121-94)80(104)77(101)67(5)110-95/h67-72,77-96,101-108H,9-66H2,1-8H3/t67-,68+,69+,70-,71+,72-,77+,78-,79+,80+,81+,82-,83-,84-,85+,86+,87+,88+,89-,90-,91-,92+,93+,94+,95+,96+/m1/s1. The Morgan fingerprint density at radius 2 is 0.697 bits per heavy atom. The molecule has 714 valence electrons. The summed E-state index contributed by atoms with van der Waals surface area (Å²) in [7, 11) is 0. The third-order valence-electron chi connectivity index (χ3n) is 25.9. The SMILES string of the molecule is CCCCCCCCCCCCCCCCCC(=O)OC[C@H]1O[C@@H](O[C@@H]2[C@@H](O[C@@H]3O[C@@H](C)[C@H](OC(=O)CCCCCCCCCCCCCCC)[C@@H](O)[C@H]3O)[C@@H](C)O[C@@H](O[C@@H]3[C@H]4OC(=O)CCCCCCCCC[C@H](CCCCC)O[C@@H]5O[C@H](C)[C@H](O)[C@H](O)[C@H]5O[C@H](O[C@H]3C)[C@@H]4O)[C@@H]2OC(=O)CCCCCCCCCCCCCCC)[C@H](O)[C@@H](O)[C@@H]1O. The van der Waals surface area contributed by atoms with Crippen molar-refractivity contribution >= 4 is 23.9 Å². The van der Waals surface area contributed by atoms with E-state index in [9.17, 15) is 60.0 Å². The molecule has 0 saturated carbocycles. The first-order chi connectivity index (χ1) is 59.1. The van der Waals surface area contributed by atoms with Crippen LogP contribution in [0, 0.1) is 0 Å². The molecule has 2 bridgehead atoms. The van der Waals surface area contributed by atoms with E-state index >= 15 is 0 Å². The van der Waals surface area contributed by atoms with Gasteiger partial charge in [-0.1, -0.05) is 329 Å². The maximum absolute atomic E-state index is 14.9. The lowest BCUT2D eigenvalue weighted by molar-refractivity contribution is -0.400. The molecule has 6 fully saturated rings. The van der Waals surface area contributed by atoms with Gasteiger partial charge in [-0.3, -0.25) is 19.2 Å². The van der Waals surface area contributed by atoms with Crippen LogP contribution < -0.4 is 0 Å². The van der Waals surface area contributed by atoms with Gasteiger partial charge >= 0.3 is 23.9 Å². The van der Waals surface area contributed by atoms with E-state index in [0.29, 0.717) is 44.9 Å². The summed E-state index contributed by atoms with van der Waals surface area (Å²) in [4.78, 5) is 56.2. The molecule has 26 nitrogen and oxygen atoms in total. The summed E-state index contributed by atoms with van der Waals surface area (Å²) in [6.07, 6.45) is 14.9. The lowest BCUT2D eigenvalue weighted by atomic mass is 9.95. The van der Waals surface area contributed by atoms with Gasteiger partial charge < -0.3 is 107 Å². The van der Waals surface area contributed by atoms with Crippen LogP contribution >= 0.6 is 0 Å². The van der Waals surface area contributed by atoms with Gasteiger partial charge in [0.1, 0.15) is 86.0 Å². The highest BCUT2D eigenvalue weighted by atomic mass is 16.8. The van der Waals surface area contributed by atoms with Gasteiger partial charge in [-0.15, -0.1) is 0 Å². The third kappa shape index (κ3) is 40.3. The number of fused-ring (bicyclic) bond motifs is 3. The van der Waals surface area contributed by atoms with Crippen LogP contribution in [-0.4, -0.2) is 231 Å². The molecular formula is C96H174O26. The number of esters is 4. The van der Waals surface area contributed by atoms with Crippen LogP contribution in [0.2, 0.25) is 0 Å². The summed E-state index contributed by atoms with van der Waals surface area (Å²) in [6.45, 7) is 14.5. The maximum atomic E-state index is 14.9. The molecule has 0 unspecified atom stereocenters. The number of hydrogen-bond acceptors (Lipinski definition) is 26. The van der Waals surface area contributed by atoms with Crippen LogP contribution in [0.5, 0.6) is 0 Å². The van der Waals surface area contributed by atoms with E-state index in [-0.39, 0.29) is 31.8 Å². The van der Waals surface area contributed by atoms with Gasteiger partial charge in [0, 0.05) is 25.7 Å². The van der Waals surface area contributed by atoms with Crippen LogP contribution in [0.1, 0.15) is 421 Å². The molecule has 0 radical (unpaired) electrons. The monoisotopic (exact) mass is 1740 g/mol. The minimum absolute atomic E-state index is 0.0499. The molecule has 6 aliphatic heterocycles. The summed E-state index contributed by atoms with van der Waals surface area (Å²) < 4.78 is 90.6. The van der Waals surface area contributed by atoms with Gasteiger partial charge in [-0.05, 0) is 66.2 Å². The second-order valence-electron chi connectivity index (χ2n) is 36.7. The van der Waals surface area contributed by atoms with Crippen LogP contribution in [0.25, 0.3) is 0 Å². The molecule has 0 amide bonds. The Morgan fingerprint density at radius 1 is 0.311 bits per heavy atom. The molecule has 0 aliphatic carbocycles. The molecule has 26 heteroatoms. The normalized spacial score (nSPS) is 32.8. The molecule has 0 aromatic rings. The van der Waals surface area contributed by atoms with Crippen molar-refractivity contribution in [1.82, 2.24) is 0 Å². The van der Waals surface area contributed by atoms with Crippen molar-refractivity contribution in [2.24, 2.45) is 0 Å². The fourth-order valence-corrected chi connectivity index (χ4v) is 18.0. The van der Waals surface area contributed by atoms with Gasteiger partial charge in [0.05, 0.1) is 30.5 Å². The minimum atomic E-state index is -2.06. The highest BCUT2D eigenvalue weighted by Gasteiger charge is 2.59. The maximum Gasteiger partial charge on any atom is 0.306 e. The first-order valence-corrected chi connectivity index (χ1v) is 49.9. The molecule has 26 atom stereocenters. The molecule has 0 spiro atoms. The fraction of sp³-hybridized carbons (Fsp3) is 0.958. The number of aliphatic hydroxyl groups is 8. The fourth-order valence-electron chi connectivity index (χ4n) is 18.0. The summed E-state index contributed by atoms with van der Waals surface area (Å²) >= 11 is 0. The summed E-state index contributed by atoms with van der Waals surface area (Å²) in [5, 5.41) is 95.7. The Balaban J connectivity index is 1.28. The Labute approximate surface area is 734 Å². The molecule has 6 heterocycles. The van der Waals surface area contributed by atoms with Gasteiger partial charge in [0.25, 0.3) is 0 Å². The number of rotatable bonds is 58. The average molecular weight is 1740 g/mol. The Bertz CT molecular complexity index is 2670. The van der Waals surface area contributed by atoms with Crippen LogP contribution in [0.3, 0.4) is 0 Å². The molecular weight excluding hydrogens is 1570 g/mol. The highest BCUT2D eigenvalue weighted by molar-refractivity contribution is 5.70. The lowest BCUT2D eigenvalue weighted by Gasteiger charge is -2.51. The predicted molar refractivity (Wildman–Crippen MR) is 465 cm³/mol. The first-order valence-electron chi connectivity index (χ1n) is 49.9. The lowest BCUT2D eigenvalue weighted by Crippen LogP contribution is -2.68. The molecule has 8 N–H and O–H groups in total. The van der Waals surface area contributed by atoms with Crippen molar-refractivity contribution in [3.05, 3.63) is 0 Å². The number of aliphatic hydroxyl groups excluding tert-OH is 8. The summed E-state index contributed by atoms with van der Waals surface area (Å²) in [6, 6.07) is 0. The predicted octanol–water partition coefficient (Wildman–Crippen LogP) is 17.1. The first kappa shape index (κ1) is 108. The number of carbonyl (C=O) groups is 4. The Hall–Kier alpha value is -2.84. The molecule has 122 heavy (non-hydrogen) atoms. The Morgan fingerprint density at radius 3 is 1.20 bits per heavy atom. The number of ether oxygens (including phenoxy) is 14. The zero-order chi connectivity index (χ0) is 88.2. The van der Waals surface area contributed by atoms with Gasteiger partial charge in [0.2, 0.25) is 0 Å². The van der Waals surface area contributed by atoms with Crippen molar-refractivity contribution in [3.63, 3.8) is 0 Å². The quantitative estimate of drug-likeness (QED) is 0.0159. The average Bonchev–Trinajstić information content (AvgIpc) is 0.763. The topological polar surface area (TPSA) is 359 Å². The van der Waals surface area contributed by atoms with Crippen molar-refractivity contribution in [2.45, 2.75) is 581 Å². The van der Waals surface area contributed by atoms with Crippen molar-refractivity contribution in [3.8, 4) is 0 Å². The van der Waals surface area contributed by atoms with Crippen molar-refractivity contribution < 1.29 is 126 Å².